The number of hydrogen-bond donors (Lipinski definition) is 2. The molecule has 1 atom stereocenters. The van der Waals surface area contributed by atoms with E-state index >= 15 is 0 Å². The first-order valence-electron chi connectivity index (χ1n) is 4.89. The van der Waals surface area contributed by atoms with Gasteiger partial charge in [-0.3, -0.25) is 0 Å². The molecule has 14 heavy (non-hydrogen) atoms. The van der Waals surface area contributed by atoms with E-state index in [-0.39, 0.29) is 0 Å². The summed E-state index contributed by atoms with van der Waals surface area (Å²) in [7, 11) is 0. The van der Waals surface area contributed by atoms with Crippen LogP contribution in [0.5, 0.6) is 5.75 Å². The minimum Gasteiger partial charge on any atom is -0.508 e. The van der Waals surface area contributed by atoms with E-state index in [4.69, 9.17) is 0 Å². The standard InChI is InChI=1S/C11H15NOS/c1-14-9-2-3-11(13)10(6-9)8-4-5-12-7-8/h2-3,6,8,12-13H,4-5,7H2,1H3. The second-order valence-corrected chi connectivity index (χ2v) is 4.49. The summed E-state index contributed by atoms with van der Waals surface area (Å²) in [5.41, 5.74) is 1.10. The van der Waals surface area contributed by atoms with E-state index in [9.17, 15) is 5.11 Å². The predicted octanol–water partition coefficient (Wildman–Crippen LogP) is 2.19. The highest BCUT2D eigenvalue weighted by Crippen LogP contribution is 2.32. The molecule has 0 saturated carbocycles. The molecule has 3 heteroatoms. The largest absolute Gasteiger partial charge is 0.508 e. The molecule has 1 saturated heterocycles. The van der Waals surface area contributed by atoms with Crippen LogP contribution in [0.15, 0.2) is 23.1 Å². The Kier molecular flexibility index (Phi) is 2.99. The highest BCUT2D eigenvalue weighted by molar-refractivity contribution is 7.98. The Morgan fingerprint density at radius 1 is 1.50 bits per heavy atom. The molecule has 1 fully saturated rings. The lowest BCUT2D eigenvalue weighted by atomic mass is 9.97. The highest BCUT2D eigenvalue weighted by Gasteiger charge is 2.19. The van der Waals surface area contributed by atoms with Gasteiger partial charge in [0.1, 0.15) is 5.75 Å². The normalized spacial score (nSPS) is 21.4. The summed E-state index contributed by atoms with van der Waals surface area (Å²) < 4.78 is 0. The van der Waals surface area contributed by atoms with Crippen molar-refractivity contribution in [2.24, 2.45) is 0 Å². The van der Waals surface area contributed by atoms with Gasteiger partial charge >= 0.3 is 0 Å². The van der Waals surface area contributed by atoms with E-state index in [1.807, 2.05) is 6.07 Å². The average molecular weight is 209 g/mol. The lowest BCUT2D eigenvalue weighted by molar-refractivity contribution is 0.462. The minimum atomic E-state index is 0.441. The predicted molar refractivity (Wildman–Crippen MR) is 60.1 cm³/mol. The van der Waals surface area contributed by atoms with Gasteiger partial charge in [0.05, 0.1) is 0 Å². The van der Waals surface area contributed by atoms with Crippen molar-refractivity contribution in [1.82, 2.24) is 5.32 Å². The van der Waals surface area contributed by atoms with Crippen molar-refractivity contribution < 1.29 is 5.11 Å². The lowest BCUT2D eigenvalue weighted by Crippen LogP contribution is -2.08. The molecular formula is C11H15NOS. The van der Waals surface area contributed by atoms with Crippen molar-refractivity contribution in [2.75, 3.05) is 19.3 Å². The Labute approximate surface area is 88.7 Å². The van der Waals surface area contributed by atoms with Crippen LogP contribution in [0, 0.1) is 0 Å². The van der Waals surface area contributed by atoms with Crippen molar-refractivity contribution in [2.45, 2.75) is 17.2 Å². The minimum absolute atomic E-state index is 0.441. The maximum absolute atomic E-state index is 9.75. The Hall–Kier alpha value is -0.670. The highest BCUT2D eigenvalue weighted by atomic mass is 32.2. The molecule has 76 valence electrons. The van der Waals surface area contributed by atoms with Gasteiger partial charge in [-0.1, -0.05) is 0 Å². The van der Waals surface area contributed by atoms with Gasteiger partial charge in [-0.25, -0.2) is 0 Å². The zero-order valence-electron chi connectivity index (χ0n) is 8.29. The van der Waals surface area contributed by atoms with Gasteiger partial charge in [0, 0.05) is 17.4 Å². The third kappa shape index (κ3) is 1.88. The van der Waals surface area contributed by atoms with Gasteiger partial charge in [0.2, 0.25) is 0 Å². The van der Waals surface area contributed by atoms with Crippen LogP contribution in [0.25, 0.3) is 0 Å². The summed E-state index contributed by atoms with van der Waals surface area (Å²) in [6.07, 6.45) is 3.19. The third-order valence-corrected chi connectivity index (χ3v) is 3.46. The monoisotopic (exact) mass is 209 g/mol. The third-order valence-electron chi connectivity index (χ3n) is 2.73. The molecule has 0 aromatic heterocycles. The maximum Gasteiger partial charge on any atom is 0.119 e. The average Bonchev–Trinajstić information content (AvgIpc) is 2.71. The van der Waals surface area contributed by atoms with Crippen LogP contribution in [-0.2, 0) is 0 Å². The molecule has 2 nitrogen and oxygen atoms in total. The summed E-state index contributed by atoms with van der Waals surface area (Å²) in [4.78, 5) is 1.23. The van der Waals surface area contributed by atoms with Gasteiger partial charge in [0.25, 0.3) is 0 Å². The maximum atomic E-state index is 9.75. The zero-order chi connectivity index (χ0) is 9.97. The fourth-order valence-electron chi connectivity index (χ4n) is 1.91. The number of rotatable bonds is 2. The number of thioether (sulfide) groups is 1. The molecule has 1 aromatic rings. The second-order valence-electron chi connectivity index (χ2n) is 3.61. The summed E-state index contributed by atoms with van der Waals surface area (Å²) in [6, 6.07) is 5.88. The summed E-state index contributed by atoms with van der Waals surface area (Å²) in [5.74, 6) is 0.929. The van der Waals surface area contributed by atoms with Crippen LogP contribution >= 0.6 is 11.8 Å². The Bertz CT molecular complexity index is 321. The van der Waals surface area contributed by atoms with E-state index < -0.39 is 0 Å². The van der Waals surface area contributed by atoms with Crippen molar-refractivity contribution in [3.8, 4) is 5.75 Å². The molecule has 0 radical (unpaired) electrons. The summed E-state index contributed by atoms with van der Waals surface area (Å²) >= 11 is 1.72. The summed E-state index contributed by atoms with van der Waals surface area (Å²) in [6.45, 7) is 2.05. The molecule has 2 rings (SSSR count). The lowest BCUT2D eigenvalue weighted by Gasteiger charge is -2.12. The number of benzene rings is 1. The quantitative estimate of drug-likeness (QED) is 0.732. The van der Waals surface area contributed by atoms with Crippen LogP contribution in [-0.4, -0.2) is 24.5 Å². The van der Waals surface area contributed by atoms with Crippen molar-refractivity contribution >= 4 is 11.8 Å². The van der Waals surface area contributed by atoms with E-state index in [2.05, 4.69) is 17.6 Å². The molecule has 1 aromatic carbocycles. The van der Waals surface area contributed by atoms with Gasteiger partial charge in [-0.05, 0) is 43.0 Å². The number of phenols is 1. The van der Waals surface area contributed by atoms with Gasteiger partial charge in [-0.15, -0.1) is 11.8 Å². The number of phenolic OH excluding ortho intramolecular Hbond substituents is 1. The molecule has 0 spiro atoms. The van der Waals surface area contributed by atoms with Crippen molar-refractivity contribution in [3.63, 3.8) is 0 Å². The molecule has 0 amide bonds. The fraction of sp³-hybridized carbons (Fsp3) is 0.455. The Balaban J connectivity index is 2.29. The molecule has 2 N–H and O–H groups in total. The fourth-order valence-corrected chi connectivity index (χ4v) is 2.36. The number of aromatic hydroxyl groups is 1. The van der Waals surface area contributed by atoms with E-state index in [0.717, 1.165) is 25.1 Å². The molecular weight excluding hydrogens is 194 g/mol. The van der Waals surface area contributed by atoms with Gasteiger partial charge < -0.3 is 10.4 Å². The van der Waals surface area contributed by atoms with Crippen molar-refractivity contribution in [1.29, 1.82) is 0 Å². The SMILES string of the molecule is CSc1ccc(O)c(C2CCNC2)c1. The summed E-state index contributed by atoms with van der Waals surface area (Å²) in [5, 5.41) is 13.1. The van der Waals surface area contributed by atoms with E-state index in [0.29, 0.717) is 11.7 Å². The van der Waals surface area contributed by atoms with Crippen LogP contribution in [0.3, 0.4) is 0 Å². The zero-order valence-corrected chi connectivity index (χ0v) is 9.10. The van der Waals surface area contributed by atoms with Crippen LogP contribution in [0.4, 0.5) is 0 Å². The molecule has 1 heterocycles. The van der Waals surface area contributed by atoms with Crippen molar-refractivity contribution in [3.05, 3.63) is 23.8 Å². The van der Waals surface area contributed by atoms with E-state index in [1.165, 1.54) is 4.90 Å². The van der Waals surface area contributed by atoms with Crippen LogP contribution in [0.1, 0.15) is 17.9 Å². The number of hydrogen-bond acceptors (Lipinski definition) is 3. The van der Waals surface area contributed by atoms with Gasteiger partial charge in [-0.2, -0.15) is 0 Å². The molecule has 1 aliphatic rings. The molecule has 0 bridgehead atoms. The Morgan fingerprint density at radius 2 is 2.36 bits per heavy atom. The molecule has 1 unspecified atom stereocenters. The van der Waals surface area contributed by atoms with E-state index in [1.54, 1.807) is 17.8 Å². The molecule has 0 aliphatic carbocycles. The Morgan fingerprint density at radius 3 is 3.00 bits per heavy atom. The first-order valence-corrected chi connectivity index (χ1v) is 6.11. The van der Waals surface area contributed by atoms with Crippen LogP contribution < -0.4 is 5.32 Å². The first-order chi connectivity index (χ1) is 6.81. The smallest absolute Gasteiger partial charge is 0.119 e. The second kappa shape index (κ2) is 4.24. The number of nitrogens with one attached hydrogen (secondary N) is 1. The first kappa shape index (κ1) is 9.87. The molecule has 1 aliphatic heterocycles. The topological polar surface area (TPSA) is 32.3 Å². The van der Waals surface area contributed by atoms with Crippen LogP contribution in [0.2, 0.25) is 0 Å². The van der Waals surface area contributed by atoms with Gasteiger partial charge in [0.15, 0.2) is 0 Å².